The first-order valence-corrected chi connectivity index (χ1v) is 4.83. The first kappa shape index (κ1) is 9.55. The van der Waals surface area contributed by atoms with Crippen LogP contribution in [0, 0.1) is 0 Å². The van der Waals surface area contributed by atoms with Crippen molar-refractivity contribution in [2.45, 2.75) is 6.42 Å². The maximum absolute atomic E-state index is 5.08. The van der Waals surface area contributed by atoms with Gasteiger partial charge in [-0.1, -0.05) is 30.4 Å². The van der Waals surface area contributed by atoms with Crippen molar-refractivity contribution in [2.24, 2.45) is 0 Å². The Labute approximate surface area is 83.6 Å². The summed E-state index contributed by atoms with van der Waals surface area (Å²) in [6.07, 6.45) is 0.827. The number of benzene rings is 1. The molecule has 3 heteroatoms. The topological polar surface area (TPSA) is 12.0 Å². The molecule has 0 aromatic heterocycles. The second kappa shape index (κ2) is 5.17. The lowest BCUT2D eigenvalue weighted by atomic mass is 10.3. The Morgan fingerprint density at radius 1 is 1.33 bits per heavy atom. The molecule has 0 saturated carbocycles. The van der Waals surface area contributed by atoms with Crippen molar-refractivity contribution in [2.75, 3.05) is 11.1 Å². The monoisotopic (exact) mass is 197 g/mol. The molecule has 0 aliphatic carbocycles. The predicted molar refractivity (Wildman–Crippen MR) is 61.1 cm³/mol. The van der Waals surface area contributed by atoms with Crippen LogP contribution >= 0.6 is 24.8 Å². The van der Waals surface area contributed by atoms with Crippen LogP contribution in [0.3, 0.4) is 0 Å². The van der Waals surface area contributed by atoms with Crippen LogP contribution in [0.25, 0.3) is 0 Å². The van der Waals surface area contributed by atoms with Crippen molar-refractivity contribution in [1.82, 2.24) is 0 Å². The van der Waals surface area contributed by atoms with Crippen molar-refractivity contribution in [1.29, 1.82) is 0 Å². The molecule has 0 saturated heterocycles. The number of hydrogen-bond donors (Lipinski definition) is 2. The molecule has 0 radical (unpaired) electrons. The molecule has 12 heavy (non-hydrogen) atoms. The minimum absolute atomic E-state index is 0.790. The summed E-state index contributed by atoms with van der Waals surface area (Å²) in [5, 5.41) is 3.13. The van der Waals surface area contributed by atoms with Crippen molar-refractivity contribution in [3.63, 3.8) is 0 Å². The third kappa shape index (κ3) is 3.24. The smallest absolute Gasteiger partial charge is 0.0805 e. The van der Waals surface area contributed by atoms with E-state index in [2.05, 4.69) is 17.9 Å². The number of hydrogen-bond acceptors (Lipinski definition) is 2. The van der Waals surface area contributed by atoms with E-state index >= 15 is 0 Å². The zero-order valence-corrected chi connectivity index (χ0v) is 8.37. The van der Waals surface area contributed by atoms with Gasteiger partial charge in [0, 0.05) is 12.1 Å². The molecule has 0 atom stereocenters. The zero-order valence-electron chi connectivity index (χ0n) is 6.66. The van der Waals surface area contributed by atoms with Gasteiger partial charge in [-0.05, 0) is 17.9 Å². The molecule has 0 aliphatic rings. The van der Waals surface area contributed by atoms with E-state index in [1.165, 1.54) is 0 Å². The van der Waals surface area contributed by atoms with Crippen LogP contribution in [-0.4, -0.2) is 10.7 Å². The Kier molecular flexibility index (Phi) is 4.11. The third-order valence-electron chi connectivity index (χ3n) is 1.40. The molecule has 1 rings (SSSR count). The molecule has 0 amide bonds. The maximum Gasteiger partial charge on any atom is 0.0805 e. The number of para-hydroxylation sites is 1. The lowest BCUT2D eigenvalue weighted by Crippen LogP contribution is -2.08. The van der Waals surface area contributed by atoms with Crippen molar-refractivity contribution in [3.05, 3.63) is 30.3 Å². The van der Waals surface area contributed by atoms with Crippen LogP contribution in [0.1, 0.15) is 6.42 Å². The molecule has 1 N–H and O–H groups in total. The van der Waals surface area contributed by atoms with Crippen LogP contribution in [0.5, 0.6) is 0 Å². The van der Waals surface area contributed by atoms with Gasteiger partial charge in [-0.2, -0.15) is 12.6 Å². The SMILES string of the molecule is S=C(CCS)Nc1ccccc1. The van der Waals surface area contributed by atoms with Gasteiger partial charge in [-0.15, -0.1) is 0 Å². The molecule has 0 spiro atoms. The van der Waals surface area contributed by atoms with Gasteiger partial charge in [0.25, 0.3) is 0 Å². The van der Waals surface area contributed by atoms with Gasteiger partial charge in [-0.3, -0.25) is 0 Å². The van der Waals surface area contributed by atoms with Crippen molar-refractivity contribution in [3.8, 4) is 0 Å². The summed E-state index contributed by atoms with van der Waals surface area (Å²) in [6.45, 7) is 0. The summed E-state index contributed by atoms with van der Waals surface area (Å²) in [6, 6.07) is 9.92. The highest BCUT2D eigenvalue weighted by Gasteiger charge is 1.94. The summed E-state index contributed by atoms with van der Waals surface area (Å²) in [4.78, 5) is 0.844. The molecule has 0 bridgehead atoms. The number of nitrogens with one attached hydrogen (secondary N) is 1. The first-order chi connectivity index (χ1) is 5.83. The van der Waals surface area contributed by atoms with Crippen LogP contribution in [-0.2, 0) is 0 Å². The van der Waals surface area contributed by atoms with Crippen molar-refractivity contribution < 1.29 is 0 Å². The Bertz CT molecular complexity index is 246. The van der Waals surface area contributed by atoms with E-state index in [1.54, 1.807) is 0 Å². The molecule has 1 nitrogen and oxygen atoms in total. The van der Waals surface area contributed by atoms with Gasteiger partial charge < -0.3 is 5.32 Å². The predicted octanol–water partition coefficient (Wildman–Crippen LogP) is 2.75. The van der Waals surface area contributed by atoms with E-state index in [4.69, 9.17) is 12.2 Å². The quantitative estimate of drug-likeness (QED) is 0.571. The summed E-state index contributed by atoms with van der Waals surface area (Å²) < 4.78 is 0. The van der Waals surface area contributed by atoms with E-state index in [-0.39, 0.29) is 0 Å². The molecule has 0 fully saturated rings. The minimum Gasteiger partial charge on any atom is -0.350 e. The van der Waals surface area contributed by atoms with Crippen LogP contribution in [0.4, 0.5) is 5.69 Å². The number of anilines is 1. The summed E-state index contributed by atoms with van der Waals surface area (Å²) in [5.41, 5.74) is 1.05. The van der Waals surface area contributed by atoms with Gasteiger partial charge in [0.2, 0.25) is 0 Å². The average molecular weight is 197 g/mol. The van der Waals surface area contributed by atoms with E-state index in [1.807, 2.05) is 30.3 Å². The van der Waals surface area contributed by atoms with Crippen molar-refractivity contribution >= 4 is 35.5 Å². The molecular formula is C9H11NS2. The van der Waals surface area contributed by atoms with Crippen LogP contribution in [0.15, 0.2) is 30.3 Å². The maximum atomic E-state index is 5.08. The highest BCUT2D eigenvalue weighted by molar-refractivity contribution is 7.81. The number of thiocarbonyl (C=S) groups is 1. The molecule has 0 heterocycles. The Morgan fingerprint density at radius 2 is 2.00 bits per heavy atom. The van der Waals surface area contributed by atoms with Crippen LogP contribution in [0.2, 0.25) is 0 Å². The second-order valence-electron chi connectivity index (χ2n) is 2.39. The molecule has 0 aliphatic heterocycles. The van der Waals surface area contributed by atoms with E-state index < -0.39 is 0 Å². The number of rotatable bonds is 3. The lowest BCUT2D eigenvalue weighted by molar-refractivity contribution is 1.34. The molecule has 1 aromatic carbocycles. The molecular weight excluding hydrogens is 186 g/mol. The Hall–Kier alpha value is -0.540. The standard InChI is InChI=1S/C9H11NS2/c11-7-6-9(12)10-8-4-2-1-3-5-8/h1-5,11H,6-7H2,(H,10,12). The van der Waals surface area contributed by atoms with Gasteiger partial charge in [0.05, 0.1) is 4.99 Å². The summed E-state index contributed by atoms with van der Waals surface area (Å²) in [5.74, 6) is 0.790. The fourth-order valence-electron chi connectivity index (χ4n) is 0.847. The summed E-state index contributed by atoms with van der Waals surface area (Å²) >= 11 is 9.17. The fraction of sp³-hybridized carbons (Fsp3) is 0.222. The molecule has 0 unspecified atom stereocenters. The highest BCUT2D eigenvalue weighted by atomic mass is 32.1. The zero-order chi connectivity index (χ0) is 8.81. The normalized spacial score (nSPS) is 9.42. The van der Waals surface area contributed by atoms with E-state index in [0.717, 1.165) is 22.8 Å². The summed E-state index contributed by atoms with van der Waals surface area (Å²) in [7, 11) is 0. The van der Waals surface area contributed by atoms with E-state index in [0.29, 0.717) is 0 Å². The van der Waals surface area contributed by atoms with E-state index in [9.17, 15) is 0 Å². The first-order valence-electron chi connectivity index (χ1n) is 3.78. The van der Waals surface area contributed by atoms with Crippen LogP contribution < -0.4 is 5.32 Å². The third-order valence-corrected chi connectivity index (χ3v) is 1.93. The van der Waals surface area contributed by atoms with Gasteiger partial charge >= 0.3 is 0 Å². The van der Waals surface area contributed by atoms with Gasteiger partial charge in [0.1, 0.15) is 0 Å². The largest absolute Gasteiger partial charge is 0.350 e. The minimum atomic E-state index is 0.790. The molecule has 64 valence electrons. The second-order valence-corrected chi connectivity index (χ2v) is 3.33. The number of thiol groups is 1. The lowest BCUT2D eigenvalue weighted by Gasteiger charge is -2.05. The Balaban J connectivity index is 2.47. The highest BCUT2D eigenvalue weighted by Crippen LogP contribution is 2.06. The fourth-order valence-corrected chi connectivity index (χ4v) is 1.44. The average Bonchev–Trinajstić information content (AvgIpc) is 2.06. The van der Waals surface area contributed by atoms with Gasteiger partial charge in [-0.25, -0.2) is 0 Å². The Morgan fingerprint density at radius 3 is 2.58 bits per heavy atom. The van der Waals surface area contributed by atoms with Gasteiger partial charge in [0.15, 0.2) is 0 Å². The molecule has 1 aromatic rings.